The molecule has 0 bridgehead atoms. The second-order valence-corrected chi connectivity index (χ2v) is 5.22. The highest BCUT2D eigenvalue weighted by Gasteiger charge is 2.30. The average molecular weight is 247 g/mol. The Morgan fingerprint density at radius 3 is 3.06 bits per heavy atom. The van der Waals surface area contributed by atoms with Crippen molar-refractivity contribution < 1.29 is 4.79 Å². The lowest BCUT2D eigenvalue weighted by Crippen LogP contribution is -2.25. The molecule has 0 saturated heterocycles. The van der Waals surface area contributed by atoms with Gasteiger partial charge in [0, 0.05) is 13.2 Å². The van der Waals surface area contributed by atoms with E-state index in [4.69, 9.17) is 0 Å². The molecule has 1 aliphatic carbocycles. The van der Waals surface area contributed by atoms with Gasteiger partial charge in [-0.1, -0.05) is 0 Å². The summed E-state index contributed by atoms with van der Waals surface area (Å²) in [5.41, 5.74) is 2.01. The molecule has 1 fully saturated rings. The van der Waals surface area contributed by atoms with Crippen molar-refractivity contribution in [2.45, 2.75) is 18.8 Å². The summed E-state index contributed by atoms with van der Waals surface area (Å²) in [6.45, 7) is 0. The number of nitrogens with zero attached hydrogens (tertiary/aromatic N) is 2. The smallest absolute Gasteiger partial charge is 0.268 e. The lowest BCUT2D eigenvalue weighted by Gasteiger charge is -2.14. The highest BCUT2D eigenvalue weighted by molar-refractivity contribution is 7.12. The quantitative estimate of drug-likeness (QED) is 0.906. The Balaban J connectivity index is 1.88. The molecule has 0 radical (unpaired) electrons. The fourth-order valence-corrected chi connectivity index (χ4v) is 2.87. The molecule has 0 unspecified atom stereocenters. The Morgan fingerprint density at radius 2 is 2.41 bits per heavy atom. The van der Waals surface area contributed by atoms with Crippen LogP contribution in [0.2, 0.25) is 0 Å². The standard InChI is InChI=1S/C12H13N3OS/c1-15(9-6-13-14-7-9)12(16)11-10(4-5-17-11)8-2-3-8/h4-8H,2-3H2,1H3,(H,13,14). The van der Waals surface area contributed by atoms with Gasteiger partial charge in [0.15, 0.2) is 0 Å². The number of anilines is 1. The number of nitrogens with one attached hydrogen (secondary N) is 1. The van der Waals surface area contributed by atoms with Gasteiger partial charge in [0.25, 0.3) is 5.91 Å². The third-order valence-corrected chi connectivity index (χ3v) is 4.00. The van der Waals surface area contributed by atoms with E-state index in [-0.39, 0.29) is 5.91 Å². The highest BCUT2D eigenvalue weighted by Crippen LogP contribution is 2.43. The maximum Gasteiger partial charge on any atom is 0.268 e. The minimum atomic E-state index is 0.0586. The van der Waals surface area contributed by atoms with E-state index in [1.807, 2.05) is 5.38 Å². The second-order valence-electron chi connectivity index (χ2n) is 4.30. The van der Waals surface area contributed by atoms with Gasteiger partial charge in [0.2, 0.25) is 0 Å². The van der Waals surface area contributed by atoms with Crippen molar-refractivity contribution in [3.63, 3.8) is 0 Å². The van der Waals surface area contributed by atoms with Crippen LogP contribution in [-0.4, -0.2) is 23.2 Å². The molecule has 0 aliphatic heterocycles. The fourth-order valence-electron chi connectivity index (χ4n) is 1.91. The first-order valence-corrected chi connectivity index (χ1v) is 6.49. The lowest BCUT2D eigenvalue weighted by atomic mass is 10.1. The molecule has 1 N–H and O–H groups in total. The summed E-state index contributed by atoms with van der Waals surface area (Å²) < 4.78 is 0. The summed E-state index contributed by atoms with van der Waals surface area (Å²) in [7, 11) is 1.78. The van der Waals surface area contributed by atoms with E-state index in [0.717, 1.165) is 10.6 Å². The predicted octanol–water partition coefficient (Wildman–Crippen LogP) is 2.63. The van der Waals surface area contributed by atoms with Crippen LogP contribution >= 0.6 is 11.3 Å². The fraction of sp³-hybridized carbons (Fsp3) is 0.333. The van der Waals surface area contributed by atoms with Crippen LogP contribution in [0.25, 0.3) is 0 Å². The van der Waals surface area contributed by atoms with Crippen molar-refractivity contribution in [2.75, 3.05) is 11.9 Å². The molecule has 2 heterocycles. The predicted molar refractivity (Wildman–Crippen MR) is 67.6 cm³/mol. The number of H-pyrrole nitrogens is 1. The number of carbonyl (C=O) groups excluding carboxylic acids is 1. The first-order valence-electron chi connectivity index (χ1n) is 5.61. The van der Waals surface area contributed by atoms with Gasteiger partial charge >= 0.3 is 0 Å². The first-order chi connectivity index (χ1) is 8.27. The Labute approximate surface area is 103 Å². The van der Waals surface area contributed by atoms with Crippen LogP contribution < -0.4 is 4.90 Å². The maximum absolute atomic E-state index is 12.4. The molecule has 88 valence electrons. The van der Waals surface area contributed by atoms with Gasteiger partial charge in [-0.2, -0.15) is 5.10 Å². The van der Waals surface area contributed by atoms with Crippen molar-refractivity contribution in [1.29, 1.82) is 0 Å². The van der Waals surface area contributed by atoms with Gasteiger partial charge in [-0.05, 0) is 35.8 Å². The van der Waals surface area contributed by atoms with Crippen molar-refractivity contribution >= 4 is 22.9 Å². The molecular formula is C12H13N3OS. The summed E-state index contributed by atoms with van der Waals surface area (Å²) >= 11 is 1.53. The monoisotopic (exact) mass is 247 g/mol. The van der Waals surface area contributed by atoms with Crippen LogP contribution in [0, 0.1) is 0 Å². The largest absolute Gasteiger partial charge is 0.308 e. The number of rotatable bonds is 3. The van der Waals surface area contributed by atoms with Crippen molar-refractivity contribution in [3.05, 3.63) is 34.3 Å². The molecule has 0 spiro atoms. The zero-order chi connectivity index (χ0) is 11.8. The number of amides is 1. The van der Waals surface area contributed by atoms with Crippen molar-refractivity contribution in [1.82, 2.24) is 10.2 Å². The van der Waals surface area contributed by atoms with Crippen LogP contribution in [0.4, 0.5) is 5.69 Å². The van der Waals surface area contributed by atoms with E-state index in [2.05, 4.69) is 16.3 Å². The number of hydrogen-bond acceptors (Lipinski definition) is 3. The van der Waals surface area contributed by atoms with Crippen LogP contribution in [0.5, 0.6) is 0 Å². The van der Waals surface area contributed by atoms with Gasteiger partial charge in [-0.3, -0.25) is 9.89 Å². The molecule has 0 aromatic carbocycles. The number of thiophene rings is 1. The minimum Gasteiger partial charge on any atom is -0.308 e. The Morgan fingerprint density at radius 1 is 1.59 bits per heavy atom. The molecular weight excluding hydrogens is 234 g/mol. The van der Waals surface area contributed by atoms with Crippen LogP contribution in [0.3, 0.4) is 0 Å². The van der Waals surface area contributed by atoms with E-state index < -0.39 is 0 Å². The van der Waals surface area contributed by atoms with E-state index in [1.165, 1.54) is 29.7 Å². The SMILES string of the molecule is CN(C(=O)c1sccc1C1CC1)c1cn[nH]c1. The summed E-state index contributed by atoms with van der Waals surface area (Å²) in [4.78, 5) is 14.9. The number of hydrogen-bond donors (Lipinski definition) is 1. The average Bonchev–Trinajstić information content (AvgIpc) is 2.86. The molecule has 0 atom stereocenters. The molecule has 2 aromatic rings. The van der Waals surface area contributed by atoms with E-state index in [1.54, 1.807) is 24.3 Å². The number of carbonyl (C=O) groups is 1. The van der Waals surface area contributed by atoms with Gasteiger partial charge < -0.3 is 4.90 Å². The summed E-state index contributed by atoms with van der Waals surface area (Å²) in [6, 6.07) is 2.08. The van der Waals surface area contributed by atoms with Crippen LogP contribution in [0.1, 0.15) is 34.0 Å². The molecule has 4 nitrogen and oxygen atoms in total. The minimum absolute atomic E-state index is 0.0586. The molecule has 5 heteroatoms. The molecule has 3 rings (SSSR count). The lowest BCUT2D eigenvalue weighted by molar-refractivity contribution is 0.0996. The van der Waals surface area contributed by atoms with Gasteiger partial charge in [-0.25, -0.2) is 0 Å². The van der Waals surface area contributed by atoms with E-state index in [9.17, 15) is 4.79 Å². The van der Waals surface area contributed by atoms with Gasteiger partial charge in [0.05, 0.1) is 16.8 Å². The molecule has 2 aromatic heterocycles. The normalized spacial score (nSPS) is 14.9. The van der Waals surface area contributed by atoms with Crippen LogP contribution in [-0.2, 0) is 0 Å². The third kappa shape index (κ3) is 1.86. The van der Waals surface area contributed by atoms with Crippen molar-refractivity contribution in [2.24, 2.45) is 0 Å². The number of aromatic nitrogens is 2. The van der Waals surface area contributed by atoms with Crippen LogP contribution in [0.15, 0.2) is 23.8 Å². The Kier molecular flexibility index (Phi) is 2.48. The first kappa shape index (κ1) is 10.5. The summed E-state index contributed by atoms with van der Waals surface area (Å²) in [6.07, 6.45) is 5.81. The Bertz CT molecular complexity index is 528. The highest BCUT2D eigenvalue weighted by atomic mass is 32.1. The summed E-state index contributed by atoms with van der Waals surface area (Å²) in [5.74, 6) is 0.668. The maximum atomic E-state index is 12.4. The molecule has 1 amide bonds. The molecule has 17 heavy (non-hydrogen) atoms. The third-order valence-electron chi connectivity index (χ3n) is 3.08. The zero-order valence-electron chi connectivity index (χ0n) is 9.51. The second kappa shape index (κ2) is 4.00. The van der Waals surface area contributed by atoms with Gasteiger partial charge in [-0.15, -0.1) is 11.3 Å². The molecule has 1 saturated carbocycles. The summed E-state index contributed by atoms with van der Waals surface area (Å²) in [5, 5.41) is 8.59. The Hall–Kier alpha value is -1.62. The van der Waals surface area contributed by atoms with Gasteiger partial charge in [0.1, 0.15) is 0 Å². The number of aromatic amines is 1. The van der Waals surface area contributed by atoms with Crippen molar-refractivity contribution in [3.8, 4) is 0 Å². The van der Waals surface area contributed by atoms with E-state index >= 15 is 0 Å². The van der Waals surface area contributed by atoms with E-state index in [0.29, 0.717) is 5.92 Å². The zero-order valence-corrected chi connectivity index (χ0v) is 10.3. The topological polar surface area (TPSA) is 49.0 Å². The molecule has 1 aliphatic rings.